The lowest BCUT2D eigenvalue weighted by atomic mass is 10.1. The van der Waals surface area contributed by atoms with Gasteiger partial charge in [0, 0.05) is 18.8 Å². The van der Waals surface area contributed by atoms with Gasteiger partial charge >= 0.3 is 0 Å². The Labute approximate surface area is 187 Å². The van der Waals surface area contributed by atoms with Crippen LogP contribution in [0.5, 0.6) is 0 Å². The highest BCUT2D eigenvalue weighted by molar-refractivity contribution is 5.90. The molecule has 5 rings (SSSR count). The summed E-state index contributed by atoms with van der Waals surface area (Å²) in [6.45, 7) is 1.91. The average molecular weight is 424 g/mol. The highest BCUT2D eigenvalue weighted by atomic mass is 15.4. The van der Waals surface area contributed by atoms with Crippen molar-refractivity contribution in [1.29, 1.82) is 0 Å². The number of aromatic nitrogens is 3. The molecule has 4 aromatic rings. The molecule has 0 radical (unpaired) electrons. The van der Waals surface area contributed by atoms with Crippen molar-refractivity contribution in [2.75, 3.05) is 28.7 Å². The Bertz CT molecular complexity index is 1220. The van der Waals surface area contributed by atoms with Gasteiger partial charge in [0.2, 0.25) is 17.8 Å². The molecule has 0 aliphatic carbocycles. The largest absolute Gasteiger partial charge is 0.341 e. The number of rotatable bonds is 6. The lowest BCUT2D eigenvalue weighted by molar-refractivity contribution is 0.568. The summed E-state index contributed by atoms with van der Waals surface area (Å²) < 4.78 is 0. The minimum atomic E-state index is 0.413. The number of benzene rings is 3. The van der Waals surface area contributed by atoms with Gasteiger partial charge in [-0.1, -0.05) is 54.6 Å². The van der Waals surface area contributed by atoms with E-state index in [0.717, 1.165) is 37.2 Å². The minimum Gasteiger partial charge on any atom is -0.341 e. The fraction of sp³-hybridized carbons (Fsp3) is 0.200. The lowest BCUT2D eigenvalue weighted by Crippen LogP contribution is -2.31. The number of piperidine rings is 1. The van der Waals surface area contributed by atoms with Gasteiger partial charge in [-0.2, -0.15) is 20.1 Å². The number of para-hydroxylation sites is 1. The van der Waals surface area contributed by atoms with Gasteiger partial charge in [0.25, 0.3) is 0 Å². The summed E-state index contributed by atoms with van der Waals surface area (Å²) in [5, 5.41) is 10.0. The number of nitrogens with one attached hydrogen (secondary N) is 2. The van der Waals surface area contributed by atoms with E-state index in [-0.39, 0.29) is 0 Å². The minimum absolute atomic E-state index is 0.413. The van der Waals surface area contributed by atoms with Gasteiger partial charge in [-0.15, -0.1) is 0 Å². The Hall–Kier alpha value is -4.00. The third-order valence-electron chi connectivity index (χ3n) is 5.44. The molecule has 7 nitrogen and oxygen atoms in total. The fourth-order valence-corrected chi connectivity index (χ4v) is 3.81. The van der Waals surface area contributed by atoms with Crippen LogP contribution in [0.3, 0.4) is 0 Å². The van der Waals surface area contributed by atoms with Crippen LogP contribution in [0.1, 0.15) is 24.8 Å². The van der Waals surface area contributed by atoms with Gasteiger partial charge in [-0.3, -0.25) is 0 Å². The number of anilines is 4. The van der Waals surface area contributed by atoms with Crippen molar-refractivity contribution in [1.82, 2.24) is 15.0 Å². The number of hydrazone groups is 1. The number of hydrogen-bond acceptors (Lipinski definition) is 7. The second kappa shape index (κ2) is 9.43. The van der Waals surface area contributed by atoms with Crippen LogP contribution in [-0.4, -0.2) is 34.3 Å². The van der Waals surface area contributed by atoms with Crippen molar-refractivity contribution in [3.63, 3.8) is 0 Å². The SMILES string of the molecule is C(=N/Nc1nc(Nc2ccccc2)nc(N2CCCCC2)n1)/c1ccc2ccccc2c1. The summed E-state index contributed by atoms with van der Waals surface area (Å²) in [6.07, 6.45) is 5.32. The maximum absolute atomic E-state index is 4.65. The zero-order valence-electron chi connectivity index (χ0n) is 17.8. The highest BCUT2D eigenvalue weighted by Gasteiger charge is 2.16. The molecule has 32 heavy (non-hydrogen) atoms. The van der Waals surface area contributed by atoms with Crippen LogP contribution in [0.25, 0.3) is 10.8 Å². The number of hydrogen-bond donors (Lipinski definition) is 2. The van der Waals surface area contributed by atoms with E-state index >= 15 is 0 Å². The summed E-state index contributed by atoms with van der Waals surface area (Å²) in [4.78, 5) is 16.0. The van der Waals surface area contributed by atoms with Gasteiger partial charge in [0.15, 0.2) is 0 Å². The van der Waals surface area contributed by atoms with Crippen LogP contribution in [0.4, 0.5) is 23.5 Å². The Balaban J connectivity index is 1.38. The van der Waals surface area contributed by atoms with Crippen molar-refractivity contribution in [2.45, 2.75) is 19.3 Å². The summed E-state index contributed by atoms with van der Waals surface area (Å²) in [6, 6.07) is 24.4. The first-order valence-corrected chi connectivity index (χ1v) is 10.9. The molecule has 0 atom stereocenters. The van der Waals surface area contributed by atoms with Crippen LogP contribution in [0.15, 0.2) is 77.9 Å². The molecule has 0 amide bonds. The Morgan fingerprint density at radius 3 is 2.34 bits per heavy atom. The van der Waals surface area contributed by atoms with Crippen LogP contribution < -0.4 is 15.6 Å². The Kier molecular flexibility index (Phi) is 5.87. The normalized spacial score (nSPS) is 14.1. The predicted octanol–water partition coefficient (Wildman–Crippen LogP) is 5.20. The Morgan fingerprint density at radius 2 is 1.50 bits per heavy atom. The molecule has 2 heterocycles. The van der Waals surface area contributed by atoms with Gasteiger partial charge in [-0.05, 0) is 53.8 Å². The van der Waals surface area contributed by atoms with Gasteiger partial charge in [0.1, 0.15) is 0 Å². The van der Waals surface area contributed by atoms with Crippen molar-refractivity contribution in [3.05, 3.63) is 78.4 Å². The van der Waals surface area contributed by atoms with Crippen molar-refractivity contribution in [3.8, 4) is 0 Å². The van der Waals surface area contributed by atoms with Crippen molar-refractivity contribution < 1.29 is 0 Å². The maximum Gasteiger partial charge on any atom is 0.250 e. The molecule has 1 aromatic heterocycles. The average Bonchev–Trinajstić information content (AvgIpc) is 2.85. The third kappa shape index (κ3) is 4.83. The monoisotopic (exact) mass is 423 g/mol. The quantitative estimate of drug-likeness (QED) is 0.328. The van der Waals surface area contributed by atoms with Crippen LogP contribution >= 0.6 is 0 Å². The molecule has 3 aromatic carbocycles. The molecular weight excluding hydrogens is 398 g/mol. The lowest BCUT2D eigenvalue weighted by Gasteiger charge is -2.26. The molecule has 2 N–H and O–H groups in total. The standard InChI is InChI=1S/C25H25N7/c1-3-11-22(12-4-1)27-23-28-24(30-25(29-23)32-15-7-2-8-16-32)31-26-18-19-13-14-20-9-5-6-10-21(20)17-19/h1,3-6,9-14,17-18H,2,7-8,15-16H2,(H2,27,28,29,30,31)/b26-18-. The summed E-state index contributed by atoms with van der Waals surface area (Å²) >= 11 is 0. The van der Waals surface area contributed by atoms with E-state index in [9.17, 15) is 0 Å². The van der Waals surface area contributed by atoms with Crippen LogP contribution in [0, 0.1) is 0 Å². The predicted molar refractivity (Wildman–Crippen MR) is 131 cm³/mol. The maximum atomic E-state index is 4.65. The second-order valence-corrected chi connectivity index (χ2v) is 7.80. The van der Waals surface area contributed by atoms with Crippen molar-refractivity contribution in [2.24, 2.45) is 5.10 Å². The smallest absolute Gasteiger partial charge is 0.250 e. The van der Waals surface area contributed by atoms with E-state index in [0.29, 0.717) is 17.8 Å². The molecular formula is C25H25N7. The zero-order chi connectivity index (χ0) is 21.6. The zero-order valence-corrected chi connectivity index (χ0v) is 17.8. The first-order chi connectivity index (χ1) is 15.8. The molecule has 0 unspecified atom stereocenters. The van der Waals surface area contributed by atoms with Crippen LogP contribution in [0.2, 0.25) is 0 Å². The molecule has 160 valence electrons. The molecule has 0 saturated carbocycles. The van der Waals surface area contributed by atoms with Crippen molar-refractivity contribution >= 4 is 40.5 Å². The first kappa shape index (κ1) is 19.9. The van der Waals surface area contributed by atoms with Crippen LogP contribution in [-0.2, 0) is 0 Å². The summed E-state index contributed by atoms with van der Waals surface area (Å²) in [7, 11) is 0. The van der Waals surface area contributed by atoms with Gasteiger partial charge in [-0.25, -0.2) is 5.43 Å². The van der Waals surface area contributed by atoms with E-state index < -0.39 is 0 Å². The van der Waals surface area contributed by atoms with E-state index in [1.54, 1.807) is 6.21 Å². The molecule has 1 fully saturated rings. The molecule has 7 heteroatoms. The number of fused-ring (bicyclic) bond motifs is 1. The Morgan fingerprint density at radius 1 is 0.750 bits per heavy atom. The molecule has 0 spiro atoms. The topological polar surface area (TPSA) is 78.3 Å². The van der Waals surface area contributed by atoms with E-state index in [1.165, 1.54) is 17.2 Å². The fourth-order valence-electron chi connectivity index (χ4n) is 3.81. The third-order valence-corrected chi connectivity index (χ3v) is 5.44. The van der Waals surface area contributed by atoms with Gasteiger partial charge < -0.3 is 10.2 Å². The molecule has 0 bridgehead atoms. The summed E-state index contributed by atoms with van der Waals surface area (Å²) in [5.41, 5.74) is 4.92. The van der Waals surface area contributed by atoms with Gasteiger partial charge in [0.05, 0.1) is 6.21 Å². The highest BCUT2D eigenvalue weighted by Crippen LogP contribution is 2.21. The summed E-state index contributed by atoms with van der Waals surface area (Å²) in [5.74, 6) is 1.58. The molecule has 1 aliphatic rings. The number of nitrogens with zero attached hydrogens (tertiary/aromatic N) is 5. The van der Waals surface area contributed by atoms with E-state index in [4.69, 9.17) is 0 Å². The van der Waals surface area contributed by atoms with E-state index in [1.807, 2.05) is 48.5 Å². The molecule has 1 aliphatic heterocycles. The second-order valence-electron chi connectivity index (χ2n) is 7.80. The first-order valence-electron chi connectivity index (χ1n) is 10.9. The molecule has 1 saturated heterocycles. The van der Waals surface area contributed by atoms with E-state index in [2.05, 4.69) is 60.0 Å².